The molecule has 2 N–H and O–H groups in total. The van der Waals surface area contributed by atoms with Crippen LogP contribution in [0.5, 0.6) is 0 Å². The van der Waals surface area contributed by atoms with E-state index in [0.29, 0.717) is 23.9 Å². The predicted octanol–water partition coefficient (Wildman–Crippen LogP) is 2.49. The topological polar surface area (TPSA) is 52.6 Å². The van der Waals surface area contributed by atoms with Crippen LogP contribution in [0.3, 0.4) is 0 Å². The van der Waals surface area contributed by atoms with Crippen LogP contribution in [0.4, 0.5) is 4.39 Å². The van der Waals surface area contributed by atoms with Crippen molar-refractivity contribution in [2.45, 2.75) is 45.3 Å². The maximum atomic E-state index is 12.8. The summed E-state index contributed by atoms with van der Waals surface area (Å²) in [7, 11) is 0. The van der Waals surface area contributed by atoms with Crippen molar-refractivity contribution in [3.8, 4) is 0 Å². The van der Waals surface area contributed by atoms with Gasteiger partial charge in [-0.15, -0.1) is 0 Å². The molecule has 1 aromatic rings. The highest BCUT2D eigenvalue weighted by Crippen LogP contribution is 2.22. The Hall–Kier alpha value is -1.46. The minimum atomic E-state index is -0.803. The highest BCUT2D eigenvalue weighted by atomic mass is 19.1. The minimum absolute atomic E-state index is 0.0193. The number of nitrogens with zero attached hydrogens (tertiary/aromatic N) is 1. The van der Waals surface area contributed by atoms with Gasteiger partial charge in [0.15, 0.2) is 0 Å². The lowest BCUT2D eigenvalue weighted by molar-refractivity contribution is -0.122. The zero-order chi connectivity index (χ0) is 16.8. The fourth-order valence-electron chi connectivity index (χ4n) is 3.02. The monoisotopic (exact) mass is 322 g/mol. The second-order valence-corrected chi connectivity index (χ2v) is 6.65. The van der Waals surface area contributed by atoms with E-state index >= 15 is 0 Å². The van der Waals surface area contributed by atoms with Crippen LogP contribution in [0.25, 0.3) is 0 Å². The van der Waals surface area contributed by atoms with Gasteiger partial charge < -0.3 is 15.3 Å². The van der Waals surface area contributed by atoms with Gasteiger partial charge >= 0.3 is 0 Å². The summed E-state index contributed by atoms with van der Waals surface area (Å²) in [6.07, 6.45) is 1.81. The molecule has 0 aromatic heterocycles. The molecule has 1 amide bonds. The van der Waals surface area contributed by atoms with E-state index in [1.165, 1.54) is 24.3 Å². The molecule has 23 heavy (non-hydrogen) atoms. The number of amides is 1. The molecule has 1 aliphatic rings. The van der Waals surface area contributed by atoms with E-state index < -0.39 is 6.10 Å². The van der Waals surface area contributed by atoms with Crippen molar-refractivity contribution in [1.29, 1.82) is 0 Å². The van der Waals surface area contributed by atoms with Gasteiger partial charge in [0.25, 0.3) is 0 Å². The summed E-state index contributed by atoms with van der Waals surface area (Å²) >= 11 is 0. The van der Waals surface area contributed by atoms with Gasteiger partial charge in [0.1, 0.15) is 5.82 Å². The van der Waals surface area contributed by atoms with Gasteiger partial charge in [0.2, 0.25) is 5.91 Å². The molecule has 0 aliphatic carbocycles. The van der Waals surface area contributed by atoms with Crippen molar-refractivity contribution < 1.29 is 14.3 Å². The van der Waals surface area contributed by atoms with Crippen LogP contribution in [-0.4, -0.2) is 41.6 Å². The number of likely N-dealkylation sites (tertiary alicyclic amines) is 1. The molecule has 1 atom stereocenters. The summed E-state index contributed by atoms with van der Waals surface area (Å²) < 4.78 is 12.8. The van der Waals surface area contributed by atoms with Gasteiger partial charge in [-0.05, 0) is 63.4 Å². The van der Waals surface area contributed by atoms with E-state index in [2.05, 4.69) is 24.1 Å². The molecule has 0 radical (unpaired) electrons. The summed E-state index contributed by atoms with van der Waals surface area (Å²) in [5, 5.41) is 12.8. The summed E-state index contributed by atoms with van der Waals surface area (Å²) in [6.45, 7) is 6.66. The Labute approximate surface area is 137 Å². The van der Waals surface area contributed by atoms with Crippen molar-refractivity contribution in [1.82, 2.24) is 10.2 Å². The number of hydrogen-bond donors (Lipinski definition) is 2. The highest BCUT2D eigenvalue weighted by molar-refractivity contribution is 5.76. The number of carbonyl (C=O) groups is 1. The van der Waals surface area contributed by atoms with Crippen molar-refractivity contribution >= 4 is 5.91 Å². The molecule has 1 heterocycles. The Balaban J connectivity index is 1.70. The van der Waals surface area contributed by atoms with Gasteiger partial charge in [-0.25, -0.2) is 4.39 Å². The molecule has 0 spiro atoms. The van der Waals surface area contributed by atoms with Gasteiger partial charge in [-0.1, -0.05) is 12.1 Å². The third kappa shape index (κ3) is 5.59. The number of piperidine rings is 1. The van der Waals surface area contributed by atoms with E-state index in [1.807, 2.05) is 0 Å². The van der Waals surface area contributed by atoms with Crippen LogP contribution in [0.15, 0.2) is 24.3 Å². The van der Waals surface area contributed by atoms with Crippen LogP contribution in [0.1, 0.15) is 44.8 Å². The Morgan fingerprint density at radius 2 is 1.91 bits per heavy atom. The van der Waals surface area contributed by atoms with Crippen LogP contribution >= 0.6 is 0 Å². The smallest absolute Gasteiger partial charge is 0.220 e. The van der Waals surface area contributed by atoms with Crippen LogP contribution < -0.4 is 5.32 Å². The maximum Gasteiger partial charge on any atom is 0.220 e. The average molecular weight is 322 g/mol. The van der Waals surface area contributed by atoms with Crippen LogP contribution in [0, 0.1) is 11.7 Å². The predicted molar refractivity (Wildman–Crippen MR) is 88.4 cm³/mol. The fraction of sp³-hybridized carbons (Fsp3) is 0.611. The van der Waals surface area contributed by atoms with E-state index in [-0.39, 0.29) is 18.3 Å². The second-order valence-electron chi connectivity index (χ2n) is 6.65. The first-order valence-electron chi connectivity index (χ1n) is 8.40. The molecule has 1 saturated heterocycles. The quantitative estimate of drug-likeness (QED) is 0.846. The molecule has 1 fully saturated rings. The van der Waals surface area contributed by atoms with E-state index in [0.717, 1.165) is 25.9 Å². The van der Waals surface area contributed by atoms with Gasteiger partial charge in [-0.3, -0.25) is 4.79 Å². The molecular weight excluding hydrogens is 295 g/mol. The Bertz CT molecular complexity index is 496. The van der Waals surface area contributed by atoms with Crippen molar-refractivity contribution in [3.05, 3.63) is 35.6 Å². The maximum absolute atomic E-state index is 12.8. The Morgan fingerprint density at radius 1 is 1.30 bits per heavy atom. The molecule has 0 unspecified atom stereocenters. The molecule has 0 saturated carbocycles. The molecule has 1 aromatic carbocycles. The minimum Gasteiger partial charge on any atom is -0.387 e. The summed E-state index contributed by atoms with van der Waals surface area (Å²) in [5.41, 5.74) is 0.608. The lowest BCUT2D eigenvalue weighted by Crippen LogP contribution is -2.40. The first-order valence-corrected chi connectivity index (χ1v) is 8.40. The second kappa shape index (κ2) is 8.41. The molecule has 1 aliphatic heterocycles. The molecular formula is C18H27FN2O2. The van der Waals surface area contributed by atoms with E-state index in [1.54, 1.807) is 0 Å². The van der Waals surface area contributed by atoms with Crippen LogP contribution in [0.2, 0.25) is 0 Å². The molecule has 0 bridgehead atoms. The van der Waals surface area contributed by atoms with Gasteiger partial charge in [-0.2, -0.15) is 0 Å². The van der Waals surface area contributed by atoms with Gasteiger partial charge in [0, 0.05) is 19.0 Å². The van der Waals surface area contributed by atoms with E-state index in [9.17, 15) is 14.3 Å². The largest absolute Gasteiger partial charge is 0.387 e. The highest BCUT2D eigenvalue weighted by Gasteiger charge is 2.22. The Morgan fingerprint density at radius 3 is 2.48 bits per heavy atom. The third-order valence-electron chi connectivity index (χ3n) is 4.60. The van der Waals surface area contributed by atoms with Gasteiger partial charge in [0.05, 0.1) is 6.10 Å². The van der Waals surface area contributed by atoms with Crippen molar-refractivity contribution in [2.75, 3.05) is 19.6 Å². The van der Waals surface area contributed by atoms with Crippen molar-refractivity contribution in [3.63, 3.8) is 0 Å². The number of hydrogen-bond acceptors (Lipinski definition) is 3. The molecule has 5 heteroatoms. The average Bonchev–Trinajstić information content (AvgIpc) is 2.54. The number of carbonyl (C=O) groups excluding carboxylic acids is 1. The number of nitrogens with one attached hydrogen (secondary N) is 1. The zero-order valence-electron chi connectivity index (χ0n) is 14.0. The summed E-state index contributed by atoms with van der Waals surface area (Å²) in [5.74, 6) is 0.0693. The standard InChI is InChI=1S/C18H27FN2O2/c1-13(2)21-9-7-14(8-10-21)11-18(23)20-12-17(22)15-3-5-16(19)6-4-15/h3-6,13-14,17,22H,7-12H2,1-2H3,(H,20,23)/t17-/m0/s1. The SMILES string of the molecule is CC(C)N1CCC(CC(=O)NC[C@H](O)c2ccc(F)cc2)CC1. The number of aliphatic hydroxyl groups excluding tert-OH is 1. The lowest BCUT2D eigenvalue weighted by atomic mass is 9.92. The number of rotatable bonds is 6. The first kappa shape index (κ1) is 17.9. The zero-order valence-corrected chi connectivity index (χ0v) is 14.0. The first-order chi connectivity index (χ1) is 11.0. The number of benzene rings is 1. The normalized spacial score (nSPS) is 18.1. The Kier molecular flexibility index (Phi) is 6.54. The fourth-order valence-corrected chi connectivity index (χ4v) is 3.02. The molecule has 2 rings (SSSR count). The van der Waals surface area contributed by atoms with Crippen molar-refractivity contribution in [2.24, 2.45) is 5.92 Å². The molecule has 128 valence electrons. The lowest BCUT2D eigenvalue weighted by Gasteiger charge is -2.34. The molecule has 4 nitrogen and oxygen atoms in total. The number of aliphatic hydroxyl groups is 1. The van der Waals surface area contributed by atoms with Crippen LogP contribution in [-0.2, 0) is 4.79 Å². The summed E-state index contributed by atoms with van der Waals surface area (Å²) in [4.78, 5) is 14.5. The van der Waals surface area contributed by atoms with E-state index in [4.69, 9.17) is 0 Å². The number of halogens is 1. The third-order valence-corrected chi connectivity index (χ3v) is 4.60. The summed E-state index contributed by atoms with van der Waals surface area (Å²) in [6, 6.07) is 6.25.